The lowest BCUT2D eigenvalue weighted by Crippen LogP contribution is -2.29. The van der Waals surface area contributed by atoms with E-state index in [1.165, 1.54) is 66.8 Å². The minimum absolute atomic E-state index is 0.349. The van der Waals surface area contributed by atoms with Gasteiger partial charge in [0.2, 0.25) is 0 Å². The fourth-order valence-corrected chi connectivity index (χ4v) is 7.59. The molecule has 1 heteroatoms. The Morgan fingerprint density at radius 2 is 1.05 bits per heavy atom. The van der Waals surface area contributed by atoms with Crippen molar-refractivity contribution < 1.29 is 0 Å². The molecule has 0 saturated carbocycles. The van der Waals surface area contributed by atoms with Gasteiger partial charge in [-0.3, -0.25) is 4.90 Å². The van der Waals surface area contributed by atoms with Crippen molar-refractivity contribution in [2.24, 2.45) is 0 Å². The van der Waals surface area contributed by atoms with Crippen molar-refractivity contribution in [3.05, 3.63) is 190 Å². The number of benzene rings is 6. The second-order valence-electron chi connectivity index (χ2n) is 11.9. The topological polar surface area (TPSA) is 3.24 Å². The van der Waals surface area contributed by atoms with Gasteiger partial charge in [0.05, 0.1) is 5.41 Å². The van der Waals surface area contributed by atoms with E-state index < -0.39 is 0 Å². The molecule has 8 rings (SSSR count). The van der Waals surface area contributed by atoms with Gasteiger partial charge < -0.3 is 0 Å². The van der Waals surface area contributed by atoms with Gasteiger partial charge in [-0.05, 0) is 80.2 Å². The maximum atomic E-state index is 2.45. The van der Waals surface area contributed by atoms with Gasteiger partial charge in [0, 0.05) is 13.1 Å². The zero-order valence-corrected chi connectivity index (χ0v) is 23.9. The monoisotopic (exact) mass is 539 g/mol. The van der Waals surface area contributed by atoms with E-state index in [4.69, 9.17) is 0 Å². The second-order valence-corrected chi connectivity index (χ2v) is 11.9. The molecule has 42 heavy (non-hydrogen) atoms. The summed E-state index contributed by atoms with van der Waals surface area (Å²) in [5.41, 5.74) is 16.1. The zero-order valence-electron chi connectivity index (χ0n) is 23.9. The number of rotatable bonds is 6. The van der Waals surface area contributed by atoms with Crippen LogP contribution in [0.5, 0.6) is 0 Å². The van der Waals surface area contributed by atoms with Gasteiger partial charge in [-0.1, -0.05) is 146 Å². The van der Waals surface area contributed by atoms with E-state index >= 15 is 0 Å². The van der Waals surface area contributed by atoms with E-state index in [9.17, 15) is 0 Å². The Hall–Kier alpha value is -4.72. The lowest BCUT2D eigenvalue weighted by molar-refractivity contribution is 0.319. The molecule has 202 valence electrons. The fourth-order valence-electron chi connectivity index (χ4n) is 7.59. The van der Waals surface area contributed by atoms with Gasteiger partial charge in [0.1, 0.15) is 0 Å². The van der Waals surface area contributed by atoms with Crippen molar-refractivity contribution in [3.8, 4) is 22.3 Å². The molecule has 2 aliphatic rings. The van der Waals surface area contributed by atoms with Gasteiger partial charge in [0.15, 0.2) is 0 Å². The lowest BCUT2D eigenvalue weighted by Gasteiger charge is -2.34. The highest BCUT2D eigenvalue weighted by Gasteiger charge is 2.45. The Balaban J connectivity index is 1.14. The van der Waals surface area contributed by atoms with E-state index in [0.717, 1.165) is 19.5 Å². The Bertz CT molecular complexity index is 1890. The quantitative estimate of drug-likeness (QED) is 0.204. The summed E-state index contributed by atoms with van der Waals surface area (Å²) in [6, 6.07) is 54.2. The molecular formula is C41H33N. The van der Waals surface area contributed by atoms with Gasteiger partial charge >= 0.3 is 0 Å². The number of fused-ring (bicyclic) bond motifs is 6. The maximum Gasteiger partial charge on any atom is 0.0713 e. The van der Waals surface area contributed by atoms with Crippen molar-refractivity contribution in [2.75, 3.05) is 7.05 Å². The Labute approximate surface area is 248 Å². The van der Waals surface area contributed by atoms with E-state index in [1.54, 1.807) is 0 Å². The van der Waals surface area contributed by atoms with Gasteiger partial charge in [-0.2, -0.15) is 0 Å². The molecule has 0 aromatic heterocycles. The third kappa shape index (κ3) is 3.89. The highest BCUT2D eigenvalue weighted by Crippen LogP contribution is 2.56. The predicted molar refractivity (Wildman–Crippen MR) is 174 cm³/mol. The first-order chi connectivity index (χ1) is 20.7. The van der Waals surface area contributed by atoms with Crippen LogP contribution in [-0.4, -0.2) is 11.9 Å². The fraction of sp³-hybridized carbons (Fsp3) is 0.122. The van der Waals surface area contributed by atoms with E-state index in [0.29, 0.717) is 0 Å². The molecule has 0 spiro atoms. The Morgan fingerprint density at radius 1 is 0.476 bits per heavy atom. The molecule has 0 fully saturated rings. The van der Waals surface area contributed by atoms with Crippen LogP contribution in [0.2, 0.25) is 0 Å². The van der Waals surface area contributed by atoms with Crippen molar-refractivity contribution >= 4 is 0 Å². The minimum Gasteiger partial charge on any atom is -0.298 e. The summed E-state index contributed by atoms with van der Waals surface area (Å²) in [6.45, 7) is 1.81. The molecule has 0 bridgehead atoms. The van der Waals surface area contributed by atoms with Crippen LogP contribution in [0.1, 0.15) is 44.5 Å². The third-order valence-electron chi connectivity index (χ3n) is 9.28. The third-order valence-corrected chi connectivity index (χ3v) is 9.28. The number of nitrogens with zero attached hydrogens (tertiary/aromatic N) is 1. The molecule has 0 atom stereocenters. The van der Waals surface area contributed by atoms with Crippen LogP contribution in [0.4, 0.5) is 0 Å². The lowest BCUT2D eigenvalue weighted by atomic mass is 9.67. The van der Waals surface area contributed by atoms with Crippen LogP contribution in [-0.2, 0) is 24.9 Å². The summed E-state index contributed by atoms with van der Waals surface area (Å²) in [6.07, 6.45) is 1.04. The first-order valence-electron chi connectivity index (χ1n) is 14.9. The van der Waals surface area contributed by atoms with Crippen molar-refractivity contribution in [1.82, 2.24) is 4.90 Å². The Kier molecular flexibility index (Phi) is 5.94. The average molecular weight is 540 g/mol. The van der Waals surface area contributed by atoms with Crippen LogP contribution in [0.25, 0.3) is 22.3 Å². The first-order valence-corrected chi connectivity index (χ1v) is 14.9. The SMILES string of the molecule is CN(Cc1cccc(C2(c3ccccc3)c3ccccc3-c3ccccc32)c1)Cc1ccc2c(c1)Cc1ccccc1-2. The molecule has 0 aliphatic heterocycles. The highest BCUT2D eigenvalue weighted by atomic mass is 15.1. The van der Waals surface area contributed by atoms with Gasteiger partial charge in [-0.15, -0.1) is 0 Å². The maximum absolute atomic E-state index is 2.45. The molecule has 0 saturated heterocycles. The molecule has 0 heterocycles. The van der Waals surface area contributed by atoms with E-state index in [1.807, 2.05) is 0 Å². The summed E-state index contributed by atoms with van der Waals surface area (Å²) in [4.78, 5) is 2.44. The minimum atomic E-state index is -0.349. The van der Waals surface area contributed by atoms with Crippen LogP contribution >= 0.6 is 0 Å². The summed E-state index contributed by atoms with van der Waals surface area (Å²) in [7, 11) is 2.24. The smallest absolute Gasteiger partial charge is 0.0713 e. The first kappa shape index (κ1) is 25.0. The van der Waals surface area contributed by atoms with E-state index in [-0.39, 0.29) is 5.41 Å². The molecule has 0 N–H and O–H groups in total. The molecule has 1 nitrogen and oxygen atoms in total. The number of hydrogen-bond donors (Lipinski definition) is 0. The predicted octanol–water partition coefficient (Wildman–Crippen LogP) is 9.25. The van der Waals surface area contributed by atoms with Crippen LogP contribution in [0.15, 0.2) is 146 Å². The zero-order chi connectivity index (χ0) is 28.1. The summed E-state index contributed by atoms with van der Waals surface area (Å²) in [5, 5.41) is 0. The highest BCUT2D eigenvalue weighted by molar-refractivity contribution is 5.86. The molecule has 0 amide bonds. The Morgan fingerprint density at radius 3 is 1.79 bits per heavy atom. The summed E-state index contributed by atoms with van der Waals surface area (Å²) < 4.78 is 0. The van der Waals surface area contributed by atoms with Crippen molar-refractivity contribution in [3.63, 3.8) is 0 Å². The van der Waals surface area contributed by atoms with Crippen molar-refractivity contribution in [2.45, 2.75) is 24.9 Å². The average Bonchev–Trinajstić information content (AvgIpc) is 3.55. The summed E-state index contributed by atoms with van der Waals surface area (Å²) >= 11 is 0. The summed E-state index contributed by atoms with van der Waals surface area (Å²) in [5.74, 6) is 0. The van der Waals surface area contributed by atoms with Crippen LogP contribution < -0.4 is 0 Å². The van der Waals surface area contributed by atoms with Crippen molar-refractivity contribution in [1.29, 1.82) is 0 Å². The molecular weight excluding hydrogens is 506 g/mol. The molecule has 0 radical (unpaired) electrons. The van der Waals surface area contributed by atoms with Crippen LogP contribution in [0.3, 0.4) is 0 Å². The normalized spacial score (nSPS) is 13.9. The largest absolute Gasteiger partial charge is 0.298 e. The van der Waals surface area contributed by atoms with Gasteiger partial charge in [0.25, 0.3) is 0 Å². The molecule has 6 aromatic carbocycles. The molecule has 0 unspecified atom stereocenters. The molecule has 6 aromatic rings. The van der Waals surface area contributed by atoms with Crippen LogP contribution in [0, 0.1) is 0 Å². The van der Waals surface area contributed by atoms with Gasteiger partial charge in [-0.25, -0.2) is 0 Å². The standard InChI is InChI=1S/C41H33N/c1-42(28-30-22-23-36-32(24-30)26-31-13-5-6-17-35(31)36)27-29-12-11-16-34(25-29)41(33-14-3-2-4-15-33)39-20-9-7-18-37(39)38-19-8-10-21-40(38)41/h2-25H,26-28H2,1H3. The molecule has 2 aliphatic carbocycles. The van der Waals surface area contributed by atoms with E-state index in [2.05, 4.69) is 158 Å². The second kappa shape index (κ2) is 9.98. The number of hydrogen-bond acceptors (Lipinski definition) is 1.